The zero-order chi connectivity index (χ0) is 66.2. The number of ether oxygens (including phenoxy) is 10. The predicted octanol–water partition coefficient (Wildman–Crippen LogP) is 15.7. The highest BCUT2D eigenvalue weighted by atomic mass is 32.1. The van der Waals surface area contributed by atoms with Crippen LogP contribution in [-0.2, 0) is 67.8 Å². The summed E-state index contributed by atoms with van der Waals surface area (Å²) in [5.41, 5.74) is 12.4. The lowest BCUT2D eigenvalue weighted by Crippen LogP contribution is -2.34. The van der Waals surface area contributed by atoms with Crippen molar-refractivity contribution in [2.24, 2.45) is 0 Å². The molecule has 20 heteroatoms. The molecular weight excluding hydrogens is 1350 g/mol. The zero-order valence-corrected chi connectivity index (χ0v) is 59.8. The smallest absolute Gasteiger partial charge is 0.180 e. The molecule has 502 valence electrons. The third kappa shape index (κ3) is 17.1. The number of thiophene rings is 6. The molecule has 0 amide bonds. The molecule has 0 unspecified atom stereocenters. The average molecular weight is 1420 g/mol. The molecule has 98 heavy (non-hydrogen) atoms. The van der Waals surface area contributed by atoms with Gasteiger partial charge in [-0.05, 0) is 83.6 Å². The second-order valence-corrected chi connectivity index (χ2v) is 29.6. The average Bonchev–Trinajstić information content (AvgIpc) is 1.65. The number of fused-ring (bicyclic) bond motifs is 2. The Hall–Kier alpha value is -7.80. The van der Waals surface area contributed by atoms with Gasteiger partial charge >= 0.3 is 0 Å². The molecule has 0 saturated carbocycles. The van der Waals surface area contributed by atoms with Gasteiger partial charge in [-0.3, -0.25) is 0 Å². The molecule has 18 aliphatic rings. The van der Waals surface area contributed by atoms with Crippen LogP contribution in [0.5, 0.6) is 23.0 Å². The maximum Gasteiger partial charge on any atom is 0.180 e. The van der Waals surface area contributed by atoms with Crippen molar-refractivity contribution >= 4 is 68.0 Å². The summed E-state index contributed by atoms with van der Waals surface area (Å²) in [4.78, 5) is 11.8. The highest BCUT2D eigenvalue weighted by molar-refractivity contribution is 7.30. The first-order chi connectivity index (χ1) is 48.4. The van der Waals surface area contributed by atoms with Crippen LogP contribution >= 0.6 is 68.0 Å². The molecule has 0 N–H and O–H groups in total. The summed E-state index contributed by atoms with van der Waals surface area (Å²) in [6.07, 6.45) is 17.4. The van der Waals surface area contributed by atoms with Crippen LogP contribution in [0, 0.1) is 0 Å². The predicted molar refractivity (Wildman–Crippen MR) is 391 cm³/mol. The van der Waals surface area contributed by atoms with E-state index in [1.54, 1.807) is 45.3 Å². The van der Waals surface area contributed by atoms with Crippen LogP contribution in [0.1, 0.15) is 47.2 Å². The molecule has 12 aromatic rings. The minimum Gasteiger partial charge on any atom is -0.485 e. The normalized spacial score (nSPS) is 13.1. The van der Waals surface area contributed by atoms with Gasteiger partial charge in [0.15, 0.2) is 98.8 Å². The van der Waals surface area contributed by atoms with Gasteiger partial charge in [0.05, 0.1) is 85.6 Å². The van der Waals surface area contributed by atoms with Crippen LogP contribution in [0.15, 0.2) is 194 Å². The van der Waals surface area contributed by atoms with E-state index in [1.807, 2.05) is 47.3 Å². The fraction of sp³-hybridized carbons (Fsp3) is 0.282. The van der Waals surface area contributed by atoms with Gasteiger partial charge in [-0.15, -0.1) is 68.0 Å². The summed E-state index contributed by atoms with van der Waals surface area (Å²) in [7, 11) is 0. The van der Waals surface area contributed by atoms with E-state index in [0.29, 0.717) is 106 Å². The van der Waals surface area contributed by atoms with E-state index < -0.39 is 0 Å². The number of nitrogens with zero attached hydrogens (tertiary/aromatic N) is 4. The molecular formula is C78H78N4O10S6+4. The minimum atomic E-state index is 0.478. The third-order valence-corrected chi connectivity index (χ3v) is 24.0. The van der Waals surface area contributed by atoms with Crippen LogP contribution in [0.4, 0.5) is 0 Å². The quantitative estimate of drug-likeness (QED) is 0.0454. The summed E-state index contributed by atoms with van der Waals surface area (Å²) < 4.78 is 67.3. The first-order valence-electron chi connectivity index (χ1n) is 33.2. The van der Waals surface area contributed by atoms with Crippen molar-refractivity contribution in [2.75, 3.05) is 92.5 Å². The van der Waals surface area contributed by atoms with E-state index in [-0.39, 0.29) is 0 Å². The van der Waals surface area contributed by atoms with Crippen LogP contribution in [-0.4, -0.2) is 92.5 Å². The Morgan fingerprint density at radius 1 is 0.316 bits per heavy atom. The lowest BCUT2D eigenvalue weighted by atomic mass is 10.1. The van der Waals surface area contributed by atoms with Crippen molar-refractivity contribution in [3.05, 3.63) is 227 Å². The molecule has 0 fully saturated rings. The molecule has 28 heterocycles. The molecule has 0 aliphatic carbocycles. The summed E-state index contributed by atoms with van der Waals surface area (Å²) in [6.45, 7) is 16.3. The van der Waals surface area contributed by atoms with Gasteiger partial charge in [0.1, 0.15) is 26.4 Å². The Morgan fingerprint density at radius 2 is 0.612 bits per heavy atom. The van der Waals surface area contributed by atoms with Crippen LogP contribution in [0.3, 0.4) is 0 Å². The van der Waals surface area contributed by atoms with Crippen molar-refractivity contribution < 1.29 is 65.6 Å². The highest BCUT2D eigenvalue weighted by Crippen LogP contribution is 2.54. The lowest BCUT2D eigenvalue weighted by molar-refractivity contribution is -0.689. The molecule has 30 rings (SSSR count). The standard InChI is InChI=1S/C42H46O10S6.C36H32N4/c1-3-43-9-11-45-13-15-47-23-27-21-35(57-39(27)41-37-29(25-53-41)49-17-19-51-37)33-7-5-31(55-33)32-6-8-34(56-32)36-22-28(24-48-16-14-46-12-10-44-4-2)40(58-36)42-38-30(26-54-42)50-18-20-52-38;1-2-30-4-3-29(1)25-37-17-9-33(10-18-37)35-13-21-39(22-14-35)27-31-5-7-32(8-6-31)28-40-23-15-36(16-24-40)34-11-19-38(26-30)20-12-34/h5-8,21-22,25-26H,3-4,9-20,23-24H2,1-2H3;1-24H,25-28H2/q;+4. The molecule has 0 saturated heterocycles. The molecule has 14 nitrogen and oxygen atoms in total. The number of hydrogen-bond donors (Lipinski definition) is 0. The minimum absolute atomic E-state index is 0.478. The van der Waals surface area contributed by atoms with E-state index in [0.717, 1.165) is 79.8 Å². The SMILES string of the molecule is CCOCCOCCOCc1cc(-c2ccc(-c3ccc(-c4cc(COCCOCCOCC)c(-c5scc6c5OCCO6)s4)s3)s2)sc1-c1scc2c1OCCO2.c1cc2ccc1C[n+]1ccc(cc1)-c1cc[n+](cc1)Cc1ccc(cc1)C[n+]1ccc(cc1)-c1cc[n+](cc1)C2. The number of aromatic nitrogens is 4. The van der Waals surface area contributed by atoms with Crippen LogP contribution in [0.25, 0.3) is 71.0 Å². The topological polar surface area (TPSA) is 108 Å². The number of hydrogen-bond acceptors (Lipinski definition) is 16. The summed E-state index contributed by atoms with van der Waals surface area (Å²) in [5.74, 6) is 3.29. The van der Waals surface area contributed by atoms with Gasteiger partial charge in [0.25, 0.3) is 0 Å². The van der Waals surface area contributed by atoms with Gasteiger partial charge in [0.2, 0.25) is 0 Å². The lowest BCUT2D eigenvalue weighted by Gasteiger charge is -2.16. The number of pyridine rings is 4. The highest BCUT2D eigenvalue weighted by Gasteiger charge is 2.27. The Kier molecular flexibility index (Phi) is 22.9. The fourth-order valence-electron chi connectivity index (χ4n) is 11.6. The molecule has 0 spiro atoms. The number of benzene rings is 2. The summed E-state index contributed by atoms with van der Waals surface area (Å²) in [5, 5.41) is 4.09. The van der Waals surface area contributed by atoms with Crippen molar-refractivity contribution in [1.29, 1.82) is 0 Å². The van der Waals surface area contributed by atoms with E-state index in [2.05, 4.69) is 201 Å². The van der Waals surface area contributed by atoms with Gasteiger partial charge < -0.3 is 47.4 Å². The second kappa shape index (κ2) is 33.4. The Labute approximate surface area is 596 Å². The monoisotopic (exact) mass is 1420 g/mol. The first kappa shape index (κ1) is 67.4. The molecule has 10 aromatic heterocycles. The van der Waals surface area contributed by atoms with Gasteiger partial charge in [-0.1, -0.05) is 48.5 Å². The largest absolute Gasteiger partial charge is 0.485 e. The van der Waals surface area contributed by atoms with Gasteiger partial charge in [0, 0.05) is 124 Å². The first-order valence-corrected chi connectivity index (χ1v) is 38.3. The van der Waals surface area contributed by atoms with Gasteiger partial charge in [-0.2, -0.15) is 0 Å². The van der Waals surface area contributed by atoms with E-state index in [9.17, 15) is 0 Å². The Morgan fingerprint density at radius 3 is 0.939 bits per heavy atom. The Balaban J connectivity index is 0.000000179. The third-order valence-electron chi connectivity index (χ3n) is 16.7. The molecule has 12 bridgehead atoms. The van der Waals surface area contributed by atoms with Crippen molar-refractivity contribution in [1.82, 2.24) is 0 Å². The molecule has 0 radical (unpaired) electrons. The van der Waals surface area contributed by atoms with Crippen molar-refractivity contribution in [2.45, 2.75) is 53.2 Å². The second-order valence-electron chi connectivity index (χ2n) is 23.6. The maximum atomic E-state index is 6.14. The van der Waals surface area contributed by atoms with E-state index >= 15 is 0 Å². The molecule has 2 aromatic carbocycles. The van der Waals surface area contributed by atoms with Crippen molar-refractivity contribution in [3.8, 4) is 94.0 Å². The van der Waals surface area contributed by atoms with Crippen molar-refractivity contribution in [3.63, 3.8) is 0 Å². The van der Waals surface area contributed by atoms with Crippen LogP contribution in [0.2, 0.25) is 0 Å². The molecule has 0 atom stereocenters. The van der Waals surface area contributed by atoms with Gasteiger partial charge in [-0.25, -0.2) is 18.3 Å². The van der Waals surface area contributed by atoms with Crippen LogP contribution < -0.4 is 37.2 Å². The fourth-order valence-corrected chi connectivity index (χ4v) is 18.5. The molecule has 18 aliphatic heterocycles. The summed E-state index contributed by atoms with van der Waals surface area (Å²) >= 11 is 10.5. The van der Waals surface area contributed by atoms with E-state index in [4.69, 9.17) is 47.4 Å². The number of rotatable bonds is 23. The van der Waals surface area contributed by atoms with E-state index in [1.165, 1.54) is 73.8 Å². The summed E-state index contributed by atoms with van der Waals surface area (Å²) in [6, 6.07) is 49.0. The zero-order valence-electron chi connectivity index (χ0n) is 54.9. The maximum absolute atomic E-state index is 6.14. The Bertz CT molecular complexity index is 4080.